The minimum atomic E-state index is -3.35. The third kappa shape index (κ3) is 6.75. The number of benzene rings is 1. The Morgan fingerprint density at radius 1 is 0.974 bits per heavy atom. The first-order valence-electron chi connectivity index (χ1n) is 13.6. The second-order valence-electron chi connectivity index (χ2n) is 10.4. The zero-order valence-electron chi connectivity index (χ0n) is 22.7. The molecule has 2 fully saturated rings. The second kappa shape index (κ2) is 12.0. The van der Waals surface area contributed by atoms with Crippen LogP contribution in [0.4, 0.5) is 10.3 Å². The van der Waals surface area contributed by atoms with Gasteiger partial charge in [0.25, 0.3) is 0 Å². The molecule has 0 atom stereocenters. The molecule has 2 aliphatic rings. The Morgan fingerprint density at radius 2 is 1.69 bits per heavy atom. The molecule has 4 heterocycles. The molecule has 0 spiro atoms. The van der Waals surface area contributed by atoms with Gasteiger partial charge in [0.05, 0.1) is 18.6 Å². The van der Waals surface area contributed by atoms with Crippen LogP contribution in [0.2, 0.25) is 0 Å². The van der Waals surface area contributed by atoms with Crippen molar-refractivity contribution in [2.45, 2.75) is 44.3 Å². The van der Waals surface area contributed by atoms with Gasteiger partial charge in [-0.2, -0.15) is 0 Å². The zero-order valence-corrected chi connectivity index (χ0v) is 23.5. The average molecular weight is 558 g/mol. The quantitative estimate of drug-likeness (QED) is 0.383. The van der Waals surface area contributed by atoms with Crippen molar-refractivity contribution >= 4 is 26.7 Å². The molecule has 0 unspecified atom stereocenters. The monoisotopic (exact) mass is 557 g/mol. The van der Waals surface area contributed by atoms with Crippen molar-refractivity contribution in [3.8, 4) is 22.9 Å². The van der Waals surface area contributed by atoms with Gasteiger partial charge in [-0.3, -0.25) is 4.90 Å². The lowest BCUT2D eigenvalue weighted by Gasteiger charge is -2.28. The van der Waals surface area contributed by atoms with Gasteiger partial charge in [-0.1, -0.05) is 6.42 Å². The lowest BCUT2D eigenvalue weighted by Crippen LogP contribution is -2.33. The Balaban J connectivity index is 1.59. The second-order valence-corrected chi connectivity index (χ2v) is 12.6. The van der Waals surface area contributed by atoms with Crippen LogP contribution in [0.1, 0.15) is 44.1 Å². The van der Waals surface area contributed by atoms with Gasteiger partial charge in [0, 0.05) is 54.7 Å². The molecule has 2 saturated heterocycles. The van der Waals surface area contributed by atoms with Crippen LogP contribution >= 0.6 is 0 Å². The number of rotatable bonds is 9. The molecular formula is C28H36FN5O4S. The molecule has 2 aromatic heterocycles. The van der Waals surface area contributed by atoms with Crippen LogP contribution in [0, 0.1) is 5.82 Å². The van der Waals surface area contributed by atoms with E-state index in [1.807, 2.05) is 0 Å². The maximum atomic E-state index is 15.0. The number of anilines is 1. The summed E-state index contributed by atoms with van der Waals surface area (Å²) in [6.07, 6.45) is 9.63. The highest BCUT2D eigenvalue weighted by atomic mass is 32.2. The van der Waals surface area contributed by atoms with E-state index >= 15 is 0 Å². The van der Waals surface area contributed by atoms with Crippen LogP contribution < -0.4 is 14.4 Å². The Kier molecular flexibility index (Phi) is 8.46. The molecular weight excluding hydrogens is 521 g/mol. The number of nitrogens with zero attached hydrogens (tertiary/aromatic N) is 5. The van der Waals surface area contributed by atoms with Gasteiger partial charge in [-0.05, 0) is 57.3 Å². The van der Waals surface area contributed by atoms with E-state index in [0.717, 1.165) is 58.2 Å². The van der Waals surface area contributed by atoms with Crippen LogP contribution in [-0.4, -0.2) is 81.0 Å². The number of ether oxygens (including phenoxy) is 2. The lowest BCUT2D eigenvalue weighted by molar-refractivity contribution is 0.184. The number of sulfone groups is 1. The Bertz CT molecular complexity index is 1420. The highest BCUT2D eigenvalue weighted by Gasteiger charge is 2.22. The Morgan fingerprint density at radius 3 is 2.38 bits per heavy atom. The van der Waals surface area contributed by atoms with Gasteiger partial charge in [0.2, 0.25) is 11.8 Å². The van der Waals surface area contributed by atoms with Crippen molar-refractivity contribution in [2.75, 3.05) is 57.6 Å². The van der Waals surface area contributed by atoms with Crippen molar-refractivity contribution in [1.82, 2.24) is 19.9 Å². The normalized spacial score (nSPS) is 16.9. The average Bonchev–Trinajstić information content (AvgIpc) is 2.93. The van der Waals surface area contributed by atoms with Gasteiger partial charge in [0.1, 0.15) is 23.7 Å². The smallest absolute Gasteiger partial charge is 0.226 e. The molecule has 1 aromatic carbocycles. The number of pyridine rings is 1. The van der Waals surface area contributed by atoms with Gasteiger partial charge < -0.3 is 14.4 Å². The Hall–Kier alpha value is -3.05. The van der Waals surface area contributed by atoms with Gasteiger partial charge >= 0.3 is 0 Å². The molecule has 9 nitrogen and oxygen atoms in total. The summed E-state index contributed by atoms with van der Waals surface area (Å²) in [5.41, 5.74) is 1.98. The van der Waals surface area contributed by atoms with E-state index in [2.05, 4.69) is 14.8 Å². The van der Waals surface area contributed by atoms with Gasteiger partial charge in [0.15, 0.2) is 9.84 Å². The van der Waals surface area contributed by atoms with Crippen molar-refractivity contribution in [3.63, 3.8) is 0 Å². The molecule has 0 saturated carbocycles. The molecule has 0 radical (unpaired) electrons. The number of piperidine rings is 2. The highest BCUT2D eigenvalue weighted by Crippen LogP contribution is 2.36. The summed E-state index contributed by atoms with van der Waals surface area (Å²) in [7, 11) is -1.91. The van der Waals surface area contributed by atoms with E-state index in [0.29, 0.717) is 46.0 Å². The van der Waals surface area contributed by atoms with Crippen LogP contribution in [0.5, 0.6) is 11.6 Å². The summed E-state index contributed by atoms with van der Waals surface area (Å²) in [4.78, 5) is 18.6. The van der Waals surface area contributed by atoms with Crippen LogP contribution in [0.3, 0.4) is 0 Å². The summed E-state index contributed by atoms with van der Waals surface area (Å²) in [6, 6.07) is 4.50. The maximum Gasteiger partial charge on any atom is 0.226 e. The zero-order chi connectivity index (χ0) is 27.4. The van der Waals surface area contributed by atoms with Crippen molar-refractivity contribution in [2.24, 2.45) is 0 Å². The summed E-state index contributed by atoms with van der Waals surface area (Å²) in [5, 5.41) is 0.487. The molecule has 3 aromatic rings. The van der Waals surface area contributed by atoms with E-state index in [9.17, 15) is 12.8 Å². The summed E-state index contributed by atoms with van der Waals surface area (Å²) >= 11 is 0. The number of hydrogen-bond acceptors (Lipinski definition) is 9. The number of halogens is 1. The van der Waals surface area contributed by atoms with Crippen molar-refractivity contribution < 1.29 is 22.3 Å². The number of fused-ring (bicyclic) bond motifs is 1. The molecule has 0 aliphatic carbocycles. The summed E-state index contributed by atoms with van der Waals surface area (Å²) in [5.74, 6) is 0.459. The first kappa shape index (κ1) is 27.5. The number of likely N-dealkylation sites (tertiary alicyclic amines) is 1. The van der Waals surface area contributed by atoms with Crippen LogP contribution in [-0.2, 0) is 15.6 Å². The van der Waals surface area contributed by atoms with E-state index in [1.165, 1.54) is 38.5 Å². The predicted molar refractivity (Wildman–Crippen MR) is 150 cm³/mol. The lowest BCUT2D eigenvalue weighted by atomic mass is 10.1. The largest absolute Gasteiger partial charge is 0.490 e. The van der Waals surface area contributed by atoms with E-state index < -0.39 is 15.7 Å². The summed E-state index contributed by atoms with van der Waals surface area (Å²) in [6.45, 7) is 4.97. The minimum Gasteiger partial charge on any atom is -0.490 e. The standard InChI is InChI=1S/C28H36FN5O4S/c1-37-27-21(19-39(2,35)36)15-20(18-30-27)25-23-16-22(29)17-24(38-14-13-33-9-5-3-6-10-33)26(23)32-28(31-25)34-11-7-4-8-12-34/h15-18H,3-14,19H2,1-2H3. The van der Waals surface area contributed by atoms with E-state index in [4.69, 9.17) is 19.4 Å². The number of methoxy groups -OCH3 is 1. The number of hydrogen-bond donors (Lipinski definition) is 0. The first-order chi connectivity index (χ1) is 18.8. The maximum absolute atomic E-state index is 15.0. The Labute approximate surface area is 229 Å². The molecule has 0 bridgehead atoms. The van der Waals surface area contributed by atoms with Crippen LogP contribution in [0.25, 0.3) is 22.2 Å². The molecule has 5 rings (SSSR count). The molecule has 39 heavy (non-hydrogen) atoms. The van der Waals surface area contributed by atoms with Crippen LogP contribution in [0.15, 0.2) is 24.4 Å². The highest BCUT2D eigenvalue weighted by molar-refractivity contribution is 7.89. The molecule has 2 aliphatic heterocycles. The third-order valence-corrected chi connectivity index (χ3v) is 8.12. The first-order valence-corrected chi connectivity index (χ1v) is 15.7. The van der Waals surface area contributed by atoms with E-state index in [-0.39, 0.29) is 11.6 Å². The number of aromatic nitrogens is 3. The fraction of sp³-hybridized carbons (Fsp3) is 0.536. The molecule has 210 valence electrons. The topological polar surface area (TPSA) is 97.8 Å². The minimum absolute atomic E-state index is 0.228. The molecule has 0 amide bonds. The van der Waals surface area contributed by atoms with E-state index in [1.54, 1.807) is 12.3 Å². The molecule has 11 heteroatoms. The predicted octanol–water partition coefficient (Wildman–Crippen LogP) is 4.24. The fourth-order valence-electron chi connectivity index (χ4n) is 5.39. The summed E-state index contributed by atoms with van der Waals surface area (Å²) < 4.78 is 50.7. The molecule has 0 N–H and O–H groups in total. The van der Waals surface area contributed by atoms with Crippen molar-refractivity contribution in [3.05, 3.63) is 35.8 Å². The SMILES string of the molecule is COc1ncc(-c2nc(N3CCCCC3)nc3c(OCCN4CCCCC4)cc(F)cc23)cc1CS(C)(=O)=O. The third-order valence-electron chi connectivity index (χ3n) is 7.28. The van der Waals surface area contributed by atoms with Crippen molar-refractivity contribution in [1.29, 1.82) is 0 Å². The van der Waals surface area contributed by atoms with Gasteiger partial charge in [-0.25, -0.2) is 27.8 Å². The fourth-order valence-corrected chi connectivity index (χ4v) is 6.16. The van der Waals surface area contributed by atoms with Gasteiger partial charge in [-0.15, -0.1) is 0 Å².